The molecule has 0 aliphatic heterocycles. The van der Waals surface area contributed by atoms with Crippen molar-refractivity contribution in [2.45, 2.75) is 0 Å². The first kappa shape index (κ1) is 8.90. The van der Waals surface area contributed by atoms with Crippen LogP contribution in [0.5, 0.6) is 0 Å². The lowest BCUT2D eigenvalue weighted by molar-refractivity contribution is 0.397. The fraction of sp³-hybridized carbons (Fsp3) is 0. The Morgan fingerprint density at radius 1 is 1.23 bits per heavy atom. The van der Waals surface area contributed by atoms with Gasteiger partial charge in [0, 0.05) is 26.0 Å². The van der Waals surface area contributed by atoms with Crippen LogP contribution in [-0.4, -0.2) is 10.1 Å². The van der Waals surface area contributed by atoms with Crippen LogP contribution in [0.15, 0.2) is 38.1 Å². The lowest BCUT2D eigenvalue weighted by atomic mass is 10.2. The van der Waals surface area contributed by atoms with Crippen molar-refractivity contribution in [3.8, 4) is 11.4 Å². The van der Waals surface area contributed by atoms with Crippen molar-refractivity contribution in [3.63, 3.8) is 0 Å². The Morgan fingerprint density at radius 2 is 2.08 bits per heavy atom. The van der Waals surface area contributed by atoms with Crippen LogP contribution in [-0.2, 0) is 0 Å². The summed E-state index contributed by atoms with van der Waals surface area (Å²) in [6, 6.07) is 7.71. The Hall–Kier alpha value is -0.680. The molecule has 0 N–H and O–H groups in total. The molecule has 0 saturated heterocycles. The molecule has 1 aromatic carbocycles. The van der Waals surface area contributed by atoms with Crippen molar-refractivity contribution in [3.05, 3.63) is 33.5 Å². The van der Waals surface area contributed by atoms with Crippen molar-refractivity contribution >= 4 is 31.9 Å². The van der Waals surface area contributed by atoms with Crippen LogP contribution >= 0.6 is 31.9 Å². The minimum atomic E-state index is 0.391. The molecular weight excluding hydrogens is 300 g/mol. The molecule has 0 unspecified atom stereocenters. The molecule has 0 spiro atoms. The van der Waals surface area contributed by atoms with E-state index < -0.39 is 0 Å². The predicted molar refractivity (Wildman–Crippen MR) is 55.1 cm³/mol. The fourth-order valence-electron chi connectivity index (χ4n) is 0.950. The van der Waals surface area contributed by atoms with E-state index in [2.05, 4.69) is 42.0 Å². The van der Waals surface area contributed by atoms with Gasteiger partial charge in [0.2, 0.25) is 5.82 Å². The van der Waals surface area contributed by atoms with Crippen LogP contribution in [0.1, 0.15) is 0 Å². The maximum atomic E-state index is 4.80. The zero-order chi connectivity index (χ0) is 9.26. The monoisotopic (exact) mass is 302 g/mol. The molecule has 0 fully saturated rings. The summed E-state index contributed by atoms with van der Waals surface area (Å²) in [5.74, 6) is 0.577. The smallest absolute Gasteiger partial charge is 0.294 e. The molecule has 2 aromatic rings. The summed E-state index contributed by atoms with van der Waals surface area (Å²) in [7, 11) is 0. The first-order valence-electron chi connectivity index (χ1n) is 3.51. The molecule has 0 atom stereocenters. The van der Waals surface area contributed by atoms with Crippen LogP contribution in [0.4, 0.5) is 0 Å². The van der Waals surface area contributed by atoms with E-state index in [4.69, 9.17) is 4.52 Å². The first-order chi connectivity index (χ1) is 6.25. The molecule has 0 radical (unpaired) electrons. The number of hydrogen-bond donors (Lipinski definition) is 0. The third-order valence-corrected chi connectivity index (χ3v) is 2.30. The van der Waals surface area contributed by atoms with Crippen molar-refractivity contribution in [1.29, 1.82) is 0 Å². The second kappa shape index (κ2) is 3.59. The van der Waals surface area contributed by atoms with Crippen molar-refractivity contribution in [2.24, 2.45) is 0 Å². The van der Waals surface area contributed by atoms with Gasteiger partial charge >= 0.3 is 0 Å². The van der Waals surface area contributed by atoms with Gasteiger partial charge in [0.05, 0.1) is 0 Å². The van der Waals surface area contributed by atoms with Gasteiger partial charge in [-0.05, 0) is 12.1 Å². The van der Waals surface area contributed by atoms with Gasteiger partial charge in [-0.1, -0.05) is 33.2 Å². The molecule has 0 aliphatic rings. The van der Waals surface area contributed by atoms with Gasteiger partial charge < -0.3 is 4.52 Å². The van der Waals surface area contributed by atoms with Gasteiger partial charge in [0.1, 0.15) is 0 Å². The summed E-state index contributed by atoms with van der Waals surface area (Å²) in [4.78, 5) is 4.43. The van der Waals surface area contributed by atoms with Gasteiger partial charge in [-0.25, -0.2) is 0 Å². The van der Waals surface area contributed by atoms with Crippen LogP contribution < -0.4 is 0 Å². The largest absolute Gasteiger partial charge is 0.326 e. The highest BCUT2D eigenvalue weighted by Gasteiger charge is 2.05. The summed E-state index contributed by atoms with van der Waals surface area (Å²) in [5.41, 5.74) is 0.920. The van der Waals surface area contributed by atoms with Crippen LogP contribution in [0.25, 0.3) is 11.4 Å². The lowest BCUT2D eigenvalue weighted by Crippen LogP contribution is -1.79. The topological polar surface area (TPSA) is 38.9 Å². The summed E-state index contributed by atoms with van der Waals surface area (Å²) in [5, 5.41) is 3.77. The summed E-state index contributed by atoms with van der Waals surface area (Å²) >= 11 is 6.46. The number of rotatable bonds is 1. The van der Waals surface area contributed by atoms with E-state index in [9.17, 15) is 0 Å². The fourth-order valence-corrected chi connectivity index (χ4v) is 1.59. The molecule has 1 aromatic heterocycles. The maximum absolute atomic E-state index is 4.80. The average Bonchev–Trinajstić information content (AvgIpc) is 2.52. The number of aromatic nitrogens is 2. The van der Waals surface area contributed by atoms with Gasteiger partial charge in [0.15, 0.2) is 0 Å². The summed E-state index contributed by atoms with van der Waals surface area (Å²) in [6.45, 7) is 0. The summed E-state index contributed by atoms with van der Waals surface area (Å²) in [6.07, 6.45) is 0. The van der Waals surface area contributed by atoms with Gasteiger partial charge in [-0.15, -0.1) is 0 Å². The number of benzene rings is 1. The van der Waals surface area contributed by atoms with Gasteiger partial charge in [-0.2, -0.15) is 4.98 Å². The standard InChI is InChI=1S/C8H4Br2N2O/c9-6-3-1-2-5(4-6)7-11-8(10)13-12-7/h1-4H. The Kier molecular flexibility index (Phi) is 2.46. The first-order valence-corrected chi connectivity index (χ1v) is 5.09. The van der Waals surface area contributed by atoms with Crippen molar-refractivity contribution < 1.29 is 4.52 Å². The third kappa shape index (κ3) is 1.97. The van der Waals surface area contributed by atoms with E-state index in [1.165, 1.54) is 0 Å². The van der Waals surface area contributed by atoms with Gasteiger partial charge in [0.25, 0.3) is 4.80 Å². The van der Waals surface area contributed by atoms with E-state index in [0.717, 1.165) is 10.0 Å². The quantitative estimate of drug-likeness (QED) is 0.811. The number of halogens is 2. The molecular formula is C8H4Br2N2O. The highest BCUT2D eigenvalue weighted by atomic mass is 79.9. The molecule has 0 bridgehead atoms. The van der Waals surface area contributed by atoms with E-state index in [1.807, 2.05) is 24.3 Å². The van der Waals surface area contributed by atoms with Crippen molar-refractivity contribution in [1.82, 2.24) is 10.1 Å². The highest BCUT2D eigenvalue weighted by molar-refractivity contribution is 9.10. The number of nitrogens with zero attached hydrogens (tertiary/aromatic N) is 2. The Morgan fingerprint density at radius 3 is 2.69 bits per heavy atom. The average molecular weight is 304 g/mol. The van der Waals surface area contributed by atoms with Gasteiger partial charge in [-0.3, -0.25) is 0 Å². The third-order valence-electron chi connectivity index (χ3n) is 1.48. The Bertz CT molecular complexity index is 428. The van der Waals surface area contributed by atoms with E-state index in [-0.39, 0.29) is 0 Å². The Balaban J connectivity index is 2.46. The normalized spacial score (nSPS) is 10.3. The van der Waals surface area contributed by atoms with Crippen LogP contribution in [0, 0.1) is 0 Å². The highest BCUT2D eigenvalue weighted by Crippen LogP contribution is 2.21. The minimum Gasteiger partial charge on any atom is -0.326 e. The predicted octanol–water partition coefficient (Wildman–Crippen LogP) is 3.26. The number of hydrogen-bond acceptors (Lipinski definition) is 3. The zero-order valence-corrected chi connectivity index (χ0v) is 9.54. The SMILES string of the molecule is Brc1cccc(-c2noc(Br)n2)c1. The molecule has 2 rings (SSSR count). The molecule has 0 aliphatic carbocycles. The molecule has 5 heteroatoms. The van der Waals surface area contributed by atoms with Crippen LogP contribution in [0.2, 0.25) is 0 Å². The second-order valence-corrected chi connectivity index (χ2v) is 3.98. The second-order valence-electron chi connectivity index (χ2n) is 2.38. The zero-order valence-electron chi connectivity index (χ0n) is 6.37. The van der Waals surface area contributed by atoms with Crippen LogP contribution in [0.3, 0.4) is 0 Å². The molecule has 0 amide bonds. The lowest BCUT2D eigenvalue weighted by Gasteiger charge is -1.93. The molecule has 66 valence electrons. The summed E-state index contributed by atoms with van der Waals surface area (Å²) < 4.78 is 5.79. The molecule has 0 saturated carbocycles. The molecule has 1 heterocycles. The minimum absolute atomic E-state index is 0.391. The molecule has 13 heavy (non-hydrogen) atoms. The Labute approximate surface area is 91.4 Å². The van der Waals surface area contributed by atoms with Crippen molar-refractivity contribution in [2.75, 3.05) is 0 Å². The maximum Gasteiger partial charge on any atom is 0.294 e. The van der Waals surface area contributed by atoms with E-state index in [1.54, 1.807) is 0 Å². The van der Waals surface area contributed by atoms with E-state index in [0.29, 0.717) is 10.6 Å². The molecule has 3 nitrogen and oxygen atoms in total. The van der Waals surface area contributed by atoms with E-state index >= 15 is 0 Å².